The molecule has 0 atom stereocenters. The van der Waals surface area contributed by atoms with E-state index in [4.69, 9.17) is 5.26 Å². The minimum Gasteiger partial charge on any atom is -0.376 e. The van der Waals surface area contributed by atoms with Gasteiger partial charge in [-0.15, -0.1) is 0 Å². The first kappa shape index (κ1) is 17.8. The van der Waals surface area contributed by atoms with E-state index >= 15 is 0 Å². The van der Waals surface area contributed by atoms with Crippen LogP contribution in [0.3, 0.4) is 0 Å². The highest BCUT2D eigenvalue weighted by Gasteiger charge is 2.15. The van der Waals surface area contributed by atoms with Crippen molar-refractivity contribution in [3.63, 3.8) is 0 Å². The Balaban J connectivity index is 1.50. The maximum atomic E-state index is 12.1. The van der Waals surface area contributed by atoms with Crippen LogP contribution in [0.2, 0.25) is 0 Å². The SMILES string of the molecule is CC1CCN(c2ccc(NC(=O)CNc3cccc(C#N)c3)cc2)CC1. The third-order valence-corrected chi connectivity index (χ3v) is 4.74. The number of hydrogen-bond acceptors (Lipinski definition) is 4. The third-order valence-electron chi connectivity index (χ3n) is 4.74. The molecular formula is C21H24N4O. The van der Waals surface area contributed by atoms with Crippen LogP contribution in [0.25, 0.3) is 0 Å². The van der Waals surface area contributed by atoms with Gasteiger partial charge in [0.25, 0.3) is 0 Å². The van der Waals surface area contributed by atoms with Gasteiger partial charge in [0.15, 0.2) is 0 Å². The number of hydrogen-bond donors (Lipinski definition) is 2. The molecule has 0 spiro atoms. The summed E-state index contributed by atoms with van der Waals surface area (Å²) in [7, 11) is 0. The van der Waals surface area contributed by atoms with Gasteiger partial charge in [-0.1, -0.05) is 13.0 Å². The Morgan fingerprint density at radius 3 is 2.58 bits per heavy atom. The van der Waals surface area contributed by atoms with Gasteiger partial charge in [-0.05, 0) is 61.2 Å². The Kier molecular flexibility index (Phi) is 5.75. The lowest BCUT2D eigenvalue weighted by atomic mass is 9.99. The molecule has 0 radical (unpaired) electrons. The maximum Gasteiger partial charge on any atom is 0.243 e. The second kappa shape index (κ2) is 8.39. The van der Waals surface area contributed by atoms with Crippen molar-refractivity contribution in [1.82, 2.24) is 0 Å². The molecular weight excluding hydrogens is 324 g/mol. The third kappa shape index (κ3) is 4.76. The van der Waals surface area contributed by atoms with Gasteiger partial charge in [0.2, 0.25) is 5.91 Å². The molecule has 3 rings (SSSR count). The molecule has 0 aliphatic carbocycles. The Bertz CT molecular complexity index is 786. The van der Waals surface area contributed by atoms with E-state index < -0.39 is 0 Å². The van der Waals surface area contributed by atoms with Crippen molar-refractivity contribution < 1.29 is 4.79 Å². The highest BCUT2D eigenvalue weighted by atomic mass is 16.1. The summed E-state index contributed by atoms with van der Waals surface area (Å²) in [6.45, 7) is 4.65. The van der Waals surface area contributed by atoms with E-state index in [1.165, 1.54) is 18.5 Å². The largest absolute Gasteiger partial charge is 0.376 e. The highest BCUT2D eigenvalue weighted by molar-refractivity contribution is 5.93. The summed E-state index contributed by atoms with van der Waals surface area (Å²) >= 11 is 0. The van der Waals surface area contributed by atoms with E-state index in [0.29, 0.717) is 5.56 Å². The molecule has 2 aromatic carbocycles. The fraction of sp³-hybridized carbons (Fsp3) is 0.333. The molecule has 1 aliphatic heterocycles. The molecule has 5 heteroatoms. The minimum absolute atomic E-state index is 0.119. The zero-order chi connectivity index (χ0) is 18.4. The number of carbonyl (C=O) groups excluding carboxylic acids is 1. The van der Waals surface area contributed by atoms with Crippen molar-refractivity contribution >= 4 is 23.0 Å². The van der Waals surface area contributed by atoms with Gasteiger partial charge in [-0.25, -0.2) is 0 Å². The number of carbonyl (C=O) groups is 1. The second-order valence-electron chi connectivity index (χ2n) is 6.81. The minimum atomic E-state index is -0.119. The molecule has 0 bridgehead atoms. The normalized spacial score (nSPS) is 14.5. The topological polar surface area (TPSA) is 68.2 Å². The molecule has 134 valence electrons. The molecule has 2 N–H and O–H groups in total. The van der Waals surface area contributed by atoms with Gasteiger partial charge in [0.05, 0.1) is 18.2 Å². The van der Waals surface area contributed by atoms with E-state index in [1.54, 1.807) is 18.2 Å². The summed E-state index contributed by atoms with van der Waals surface area (Å²) in [6.07, 6.45) is 2.47. The van der Waals surface area contributed by atoms with Gasteiger partial charge >= 0.3 is 0 Å². The number of rotatable bonds is 5. The van der Waals surface area contributed by atoms with Crippen molar-refractivity contribution in [1.29, 1.82) is 5.26 Å². The van der Waals surface area contributed by atoms with Crippen LogP contribution in [0.15, 0.2) is 48.5 Å². The van der Waals surface area contributed by atoms with Crippen molar-refractivity contribution in [2.45, 2.75) is 19.8 Å². The van der Waals surface area contributed by atoms with Gasteiger partial charge < -0.3 is 15.5 Å². The predicted octanol–water partition coefficient (Wildman–Crippen LogP) is 3.85. The van der Waals surface area contributed by atoms with Gasteiger partial charge in [-0.2, -0.15) is 5.26 Å². The molecule has 1 fully saturated rings. The summed E-state index contributed by atoms with van der Waals surface area (Å²) in [4.78, 5) is 14.5. The summed E-state index contributed by atoms with van der Waals surface area (Å²) in [6, 6.07) is 17.2. The lowest BCUT2D eigenvalue weighted by Crippen LogP contribution is -2.32. The van der Waals surface area contributed by atoms with E-state index in [2.05, 4.69) is 40.7 Å². The average molecular weight is 348 g/mol. The number of nitrogens with one attached hydrogen (secondary N) is 2. The standard InChI is InChI=1S/C21H24N4O/c1-16-9-11-25(12-10-16)20-7-5-18(6-8-20)24-21(26)15-23-19-4-2-3-17(13-19)14-22/h2-8,13,16,23H,9-12,15H2,1H3,(H,24,26). The van der Waals surface area contributed by atoms with Crippen molar-refractivity contribution in [2.24, 2.45) is 5.92 Å². The van der Waals surface area contributed by atoms with Crippen LogP contribution in [0.1, 0.15) is 25.3 Å². The number of amides is 1. The van der Waals surface area contributed by atoms with Gasteiger partial charge in [-0.3, -0.25) is 4.79 Å². The van der Waals surface area contributed by atoms with Crippen LogP contribution >= 0.6 is 0 Å². The summed E-state index contributed by atoms with van der Waals surface area (Å²) in [5.74, 6) is 0.693. The van der Waals surface area contributed by atoms with Crippen molar-refractivity contribution in [2.75, 3.05) is 35.2 Å². The Morgan fingerprint density at radius 2 is 1.88 bits per heavy atom. The Morgan fingerprint density at radius 1 is 1.15 bits per heavy atom. The average Bonchev–Trinajstić information content (AvgIpc) is 2.68. The molecule has 5 nitrogen and oxygen atoms in total. The second-order valence-corrected chi connectivity index (χ2v) is 6.81. The summed E-state index contributed by atoms with van der Waals surface area (Å²) in [5, 5.41) is 14.8. The van der Waals surface area contributed by atoms with Crippen LogP contribution in [-0.4, -0.2) is 25.5 Å². The smallest absolute Gasteiger partial charge is 0.243 e. The predicted molar refractivity (Wildman–Crippen MR) is 105 cm³/mol. The van der Waals surface area contributed by atoms with Crippen LogP contribution < -0.4 is 15.5 Å². The number of benzene rings is 2. The number of piperidine rings is 1. The molecule has 1 amide bonds. The first-order valence-electron chi connectivity index (χ1n) is 9.03. The summed E-state index contributed by atoms with van der Waals surface area (Å²) in [5.41, 5.74) is 3.32. The van der Waals surface area contributed by atoms with Gasteiger partial charge in [0.1, 0.15) is 0 Å². The van der Waals surface area contributed by atoms with E-state index in [0.717, 1.165) is 30.4 Å². The van der Waals surface area contributed by atoms with Crippen LogP contribution in [-0.2, 0) is 4.79 Å². The van der Waals surface area contributed by atoms with E-state index in [1.807, 2.05) is 18.2 Å². The highest BCUT2D eigenvalue weighted by Crippen LogP contribution is 2.24. The molecule has 0 aromatic heterocycles. The maximum absolute atomic E-state index is 12.1. The van der Waals surface area contributed by atoms with Crippen LogP contribution in [0.5, 0.6) is 0 Å². The number of nitriles is 1. The van der Waals surface area contributed by atoms with Gasteiger partial charge in [0, 0.05) is 30.2 Å². The first-order valence-corrected chi connectivity index (χ1v) is 9.03. The number of nitrogens with zero attached hydrogens (tertiary/aromatic N) is 2. The molecule has 0 unspecified atom stereocenters. The zero-order valence-electron chi connectivity index (χ0n) is 15.0. The summed E-state index contributed by atoms with van der Waals surface area (Å²) < 4.78 is 0. The van der Waals surface area contributed by atoms with Crippen molar-refractivity contribution in [3.05, 3.63) is 54.1 Å². The van der Waals surface area contributed by atoms with E-state index in [-0.39, 0.29) is 12.5 Å². The molecule has 1 heterocycles. The molecule has 1 aliphatic rings. The fourth-order valence-corrected chi connectivity index (χ4v) is 3.11. The monoisotopic (exact) mass is 348 g/mol. The number of anilines is 3. The zero-order valence-corrected chi connectivity index (χ0v) is 15.0. The fourth-order valence-electron chi connectivity index (χ4n) is 3.11. The molecule has 26 heavy (non-hydrogen) atoms. The molecule has 2 aromatic rings. The Labute approximate surface area is 154 Å². The molecule has 0 saturated carbocycles. The van der Waals surface area contributed by atoms with E-state index in [9.17, 15) is 4.79 Å². The lowest BCUT2D eigenvalue weighted by Gasteiger charge is -2.32. The first-order chi connectivity index (χ1) is 12.6. The lowest BCUT2D eigenvalue weighted by molar-refractivity contribution is -0.114. The Hall–Kier alpha value is -3.00. The quantitative estimate of drug-likeness (QED) is 0.861. The van der Waals surface area contributed by atoms with Crippen LogP contribution in [0.4, 0.5) is 17.1 Å². The van der Waals surface area contributed by atoms with Crippen molar-refractivity contribution in [3.8, 4) is 6.07 Å². The molecule has 1 saturated heterocycles. The van der Waals surface area contributed by atoms with Crippen LogP contribution in [0, 0.1) is 17.2 Å².